The highest BCUT2D eigenvalue weighted by molar-refractivity contribution is 6.10. The minimum Gasteiger partial charge on any atom is -0.350 e. The van der Waals surface area contributed by atoms with Crippen molar-refractivity contribution >= 4 is 17.5 Å². The Kier molecular flexibility index (Phi) is 5.76. The molecule has 0 aromatic heterocycles. The number of piperidine rings is 1. The summed E-state index contributed by atoms with van der Waals surface area (Å²) in [4.78, 5) is 28.8. The average molecular weight is 389 g/mol. The number of amides is 2. The summed E-state index contributed by atoms with van der Waals surface area (Å²) in [5.41, 5.74) is 4.35. The van der Waals surface area contributed by atoms with E-state index in [0.29, 0.717) is 17.8 Å². The van der Waals surface area contributed by atoms with Gasteiger partial charge in [0.1, 0.15) is 6.54 Å². The van der Waals surface area contributed by atoms with E-state index in [-0.39, 0.29) is 18.4 Å². The van der Waals surface area contributed by atoms with E-state index in [1.54, 1.807) is 6.07 Å². The van der Waals surface area contributed by atoms with Crippen LogP contribution < -0.4 is 5.32 Å². The molecule has 1 N–H and O–H groups in total. The van der Waals surface area contributed by atoms with Gasteiger partial charge in [0.15, 0.2) is 0 Å². The Bertz CT molecular complexity index is 879. The number of nitrogens with one attached hydrogen (secondary N) is 1. The fourth-order valence-electron chi connectivity index (χ4n) is 4.04. The number of likely N-dealkylation sites (tertiary alicyclic amines) is 1. The predicted molar refractivity (Wildman–Crippen MR) is 114 cm³/mol. The third-order valence-electron chi connectivity index (χ3n) is 5.71. The Balaban J connectivity index is 1.28. The van der Waals surface area contributed by atoms with Crippen molar-refractivity contribution in [3.8, 4) is 0 Å². The van der Waals surface area contributed by atoms with Gasteiger partial charge in [0.05, 0.1) is 0 Å². The monoisotopic (exact) mass is 389 g/mol. The van der Waals surface area contributed by atoms with Crippen LogP contribution in [0.4, 0.5) is 0 Å². The molecule has 1 saturated heterocycles. The molecule has 2 heterocycles. The van der Waals surface area contributed by atoms with E-state index in [9.17, 15) is 9.59 Å². The topological polar surface area (TPSA) is 52.7 Å². The predicted octanol–water partition coefficient (Wildman–Crippen LogP) is 3.42. The van der Waals surface area contributed by atoms with Gasteiger partial charge in [0.25, 0.3) is 5.91 Å². The molecule has 5 nitrogen and oxygen atoms in total. The van der Waals surface area contributed by atoms with Gasteiger partial charge in [0, 0.05) is 29.9 Å². The van der Waals surface area contributed by atoms with Gasteiger partial charge in [-0.2, -0.15) is 0 Å². The number of benzene rings is 2. The third-order valence-corrected chi connectivity index (χ3v) is 5.71. The Morgan fingerprint density at radius 3 is 2.28 bits per heavy atom. The summed E-state index contributed by atoms with van der Waals surface area (Å²) in [6.45, 7) is 7.77. The number of fused-ring (bicyclic) bond motifs is 1. The van der Waals surface area contributed by atoms with Crippen LogP contribution in [0.3, 0.4) is 0 Å². The standard InChI is InChI=1S/C24H27N3O2/c1-18-21-7-3-4-8-22(21)24(29)27(18)17-23(28)25-15-19-9-11-20(12-10-19)16-26-13-5-2-6-14-26/h3-4,7-12H,1-2,5-6,13-17H2,(H,25,28). The summed E-state index contributed by atoms with van der Waals surface area (Å²) in [5, 5.41) is 2.91. The zero-order chi connectivity index (χ0) is 20.2. The maximum absolute atomic E-state index is 12.5. The van der Waals surface area contributed by atoms with Crippen LogP contribution in [-0.4, -0.2) is 41.2 Å². The van der Waals surface area contributed by atoms with Gasteiger partial charge in [-0.3, -0.25) is 19.4 Å². The number of hydrogen-bond donors (Lipinski definition) is 1. The summed E-state index contributed by atoms with van der Waals surface area (Å²) in [7, 11) is 0. The van der Waals surface area contributed by atoms with Crippen LogP contribution in [0.1, 0.15) is 46.3 Å². The van der Waals surface area contributed by atoms with Gasteiger partial charge in [0.2, 0.25) is 5.91 Å². The van der Waals surface area contributed by atoms with Crippen LogP contribution in [0, 0.1) is 0 Å². The summed E-state index contributed by atoms with van der Waals surface area (Å²) >= 11 is 0. The Labute approximate surface area is 172 Å². The highest BCUT2D eigenvalue weighted by Crippen LogP contribution is 2.30. The van der Waals surface area contributed by atoms with E-state index in [4.69, 9.17) is 0 Å². The maximum Gasteiger partial charge on any atom is 0.259 e. The van der Waals surface area contributed by atoms with E-state index in [0.717, 1.165) is 17.7 Å². The van der Waals surface area contributed by atoms with Crippen molar-refractivity contribution in [3.05, 3.63) is 77.4 Å². The fourth-order valence-corrected chi connectivity index (χ4v) is 4.04. The summed E-state index contributed by atoms with van der Waals surface area (Å²) in [6.07, 6.45) is 3.93. The van der Waals surface area contributed by atoms with E-state index in [1.165, 1.54) is 42.8 Å². The van der Waals surface area contributed by atoms with Gasteiger partial charge in [-0.05, 0) is 43.1 Å². The van der Waals surface area contributed by atoms with Crippen LogP contribution in [0.5, 0.6) is 0 Å². The lowest BCUT2D eigenvalue weighted by molar-refractivity contribution is -0.121. The van der Waals surface area contributed by atoms with E-state index < -0.39 is 0 Å². The van der Waals surface area contributed by atoms with Crippen LogP contribution in [0.15, 0.2) is 55.1 Å². The smallest absolute Gasteiger partial charge is 0.259 e. The summed E-state index contributed by atoms with van der Waals surface area (Å²) in [6, 6.07) is 15.7. The number of hydrogen-bond acceptors (Lipinski definition) is 3. The number of rotatable bonds is 6. The van der Waals surface area contributed by atoms with Gasteiger partial charge >= 0.3 is 0 Å². The van der Waals surface area contributed by atoms with Crippen LogP contribution in [0.2, 0.25) is 0 Å². The van der Waals surface area contributed by atoms with Crippen molar-refractivity contribution in [2.24, 2.45) is 0 Å². The molecule has 150 valence electrons. The molecule has 0 bridgehead atoms. The van der Waals surface area contributed by atoms with Crippen LogP contribution in [-0.2, 0) is 17.9 Å². The zero-order valence-corrected chi connectivity index (χ0v) is 16.7. The molecular weight excluding hydrogens is 362 g/mol. The molecule has 1 fully saturated rings. The molecule has 4 rings (SSSR count). The molecule has 0 radical (unpaired) electrons. The second kappa shape index (κ2) is 8.62. The first-order chi connectivity index (χ1) is 14.1. The average Bonchev–Trinajstić information content (AvgIpc) is 2.99. The Morgan fingerprint density at radius 2 is 1.59 bits per heavy atom. The normalized spacial score (nSPS) is 16.8. The highest BCUT2D eigenvalue weighted by atomic mass is 16.2. The molecule has 2 aliphatic heterocycles. The van der Waals surface area contributed by atoms with Crippen molar-refractivity contribution in [2.75, 3.05) is 19.6 Å². The van der Waals surface area contributed by atoms with Gasteiger partial charge in [-0.25, -0.2) is 0 Å². The van der Waals surface area contributed by atoms with Gasteiger partial charge in [-0.1, -0.05) is 55.5 Å². The first-order valence-electron chi connectivity index (χ1n) is 10.3. The fraction of sp³-hybridized carbons (Fsp3) is 0.333. The van der Waals surface area contributed by atoms with E-state index >= 15 is 0 Å². The van der Waals surface area contributed by atoms with Gasteiger partial charge in [-0.15, -0.1) is 0 Å². The van der Waals surface area contributed by atoms with Crippen LogP contribution >= 0.6 is 0 Å². The third kappa shape index (κ3) is 4.40. The maximum atomic E-state index is 12.5. The molecule has 5 heteroatoms. The highest BCUT2D eigenvalue weighted by Gasteiger charge is 2.31. The molecule has 2 aromatic rings. The largest absolute Gasteiger partial charge is 0.350 e. The first kappa shape index (κ1) is 19.4. The molecule has 0 spiro atoms. The van der Waals surface area contributed by atoms with E-state index in [2.05, 4.69) is 41.1 Å². The molecule has 2 amide bonds. The second-order valence-corrected chi connectivity index (χ2v) is 7.81. The molecule has 0 aliphatic carbocycles. The lowest BCUT2D eigenvalue weighted by Crippen LogP contribution is -2.36. The molecule has 0 atom stereocenters. The van der Waals surface area contributed by atoms with Crippen molar-refractivity contribution in [3.63, 3.8) is 0 Å². The van der Waals surface area contributed by atoms with Crippen LogP contribution in [0.25, 0.3) is 5.70 Å². The van der Waals surface area contributed by atoms with Crippen molar-refractivity contribution < 1.29 is 9.59 Å². The molecule has 2 aromatic carbocycles. The zero-order valence-electron chi connectivity index (χ0n) is 16.7. The van der Waals surface area contributed by atoms with E-state index in [1.807, 2.05) is 18.2 Å². The minimum atomic E-state index is -0.190. The number of carbonyl (C=O) groups is 2. The van der Waals surface area contributed by atoms with Crippen molar-refractivity contribution in [1.29, 1.82) is 0 Å². The lowest BCUT2D eigenvalue weighted by Gasteiger charge is -2.26. The second-order valence-electron chi connectivity index (χ2n) is 7.81. The quantitative estimate of drug-likeness (QED) is 0.824. The molecule has 0 unspecified atom stereocenters. The molecule has 29 heavy (non-hydrogen) atoms. The summed E-state index contributed by atoms with van der Waals surface area (Å²) < 4.78 is 0. The molecular formula is C24H27N3O2. The van der Waals surface area contributed by atoms with Gasteiger partial charge < -0.3 is 5.32 Å². The Hall–Kier alpha value is -2.92. The molecule has 2 aliphatic rings. The summed E-state index contributed by atoms with van der Waals surface area (Å²) in [5.74, 6) is -0.354. The Morgan fingerprint density at radius 1 is 0.931 bits per heavy atom. The van der Waals surface area contributed by atoms with Crippen molar-refractivity contribution in [2.45, 2.75) is 32.4 Å². The first-order valence-corrected chi connectivity index (χ1v) is 10.3. The number of carbonyl (C=O) groups excluding carboxylic acids is 2. The minimum absolute atomic E-state index is 0.0145. The number of nitrogens with zero attached hydrogens (tertiary/aromatic N) is 2. The van der Waals surface area contributed by atoms with Crippen molar-refractivity contribution in [1.82, 2.24) is 15.1 Å². The SMILES string of the molecule is C=C1c2ccccc2C(=O)N1CC(=O)NCc1ccc(CN2CCCCC2)cc1. The molecule has 0 saturated carbocycles. The lowest BCUT2D eigenvalue weighted by atomic mass is 10.1.